The molecule has 1 aliphatic rings. The fourth-order valence-corrected chi connectivity index (χ4v) is 5.39. The Morgan fingerprint density at radius 2 is 1.71 bits per heavy atom. The lowest BCUT2D eigenvalue weighted by atomic mass is 10.3. The molecule has 0 radical (unpaired) electrons. The van der Waals surface area contributed by atoms with E-state index < -0.39 is 25.3 Å². The van der Waals surface area contributed by atoms with Crippen molar-refractivity contribution in [3.8, 4) is 0 Å². The maximum Gasteiger partial charge on any atom is 0.244 e. The summed E-state index contributed by atoms with van der Waals surface area (Å²) in [5, 5.41) is 7.69. The molecule has 1 fully saturated rings. The predicted molar refractivity (Wildman–Crippen MR) is 116 cm³/mol. The Hall–Kier alpha value is -2.03. The minimum absolute atomic E-state index is 0.0516. The van der Waals surface area contributed by atoms with Crippen molar-refractivity contribution >= 4 is 43.4 Å². The van der Waals surface area contributed by atoms with E-state index in [2.05, 4.69) is 10.3 Å². The van der Waals surface area contributed by atoms with Crippen LogP contribution in [0.1, 0.15) is 6.92 Å². The second-order valence-corrected chi connectivity index (χ2v) is 11.5. The second kappa shape index (κ2) is 9.63. The number of hydrogen-bond acceptors (Lipinski definition) is 8. The molecule has 1 saturated heterocycles. The number of nitrogens with two attached hydrogens (primary N) is 1. The van der Waals surface area contributed by atoms with E-state index in [0.717, 1.165) is 0 Å². The van der Waals surface area contributed by atoms with Crippen molar-refractivity contribution in [2.45, 2.75) is 27.0 Å². The molecule has 0 aliphatic carbocycles. The number of amides is 1. The monoisotopic (exact) mass is 486 g/mol. The third kappa shape index (κ3) is 6.02. The van der Waals surface area contributed by atoms with Gasteiger partial charge in [-0.15, -0.1) is 0 Å². The molecule has 1 aromatic heterocycles. The van der Waals surface area contributed by atoms with Crippen LogP contribution < -0.4 is 10.5 Å². The van der Waals surface area contributed by atoms with E-state index in [0.29, 0.717) is 37.0 Å². The predicted octanol–water partition coefficient (Wildman–Crippen LogP) is 0.869. The van der Waals surface area contributed by atoms with Gasteiger partial charge in [0.1, 0.15) is 4.90 Å². The fourth-order valence-electron chi connectivity index (χ4n) is 2.73. The molecule has 13 heteroatoms. The van der Waals surface area contributed by atoms with Crippen LogP contribution in [-0.4, -0.2) is 63.6 Å². The van der Waals surface area contributed by atoms with Gasteiger partial charge in [-0.1, -0.05) is 11.8 Å². The number of pyridine rings is 1. The molecular formula is C18H22N4O6S3. The molecular weight excluding hydrogens is 464 g/mol. The minimum Gasteiger partial charge on any atom is -0.379 e. The molecule has 0 bridgehead atoms. The molecule has 1 aromatic carbocycles. The van der Waals surface area contributed by atoms with Gasteiger partial charge in [0.15, 0.2) is 0 Å². The van der Waals surface area contributed by atoms with Gasteiger partial charge >= 0.3 is 0 Å². The molecule has 1 atom stereocenters. The van der Waals surface area contributed by atoms with Crippen LogP contribution in [0.5, 0.6) is 0 Å². The van der Waals surface area contributed by atoms with E-state index in [9.17, 15) is 21.6 Å². The first-order chi connectivity index (χ1) is 14.6. The first kappa shape index (κ1) is 23.6. The van der Waals surface area contributed by atoms with Crippen molar-refractivity contribution in [2.75, 3.05) is 31.6 Å². The molecule has 2 heterocycles. The summed E-state index contributed by atoms with van der Waals surface area (Å²) in [6, 6.07) is 8.52. The number of rotatable bonds is 7. The van der Waals surface area contributed by atoms with Crippen LogP contribution >= 0.6 is 11.8 Å². The zero-order valence-corrected chi connectivity index (χ0v) is 19.0. The summed E-state index contributed by atoms with van der Waals surface area (Å²) >= 11 is 1.17. The van der Waals surface area contributed by atoms with Crippen LogP contribution in [0.15, 0.2) is 57.4 Å². The minimum atomic E-state index is -3.80. The number of carbonyl (C=O) groups excluding carboxylic acids is 1. The fraction of sp³-hybridized carbons (Fsp3) is 0.333. The van der Waals surface area contributed by atoms with Crippen LogP contribution in [0, 0.1) is 0 Å². The van der Waals surface area contributed by atoms with Gasteiger partial charge in [0.05, 0.1) is 28.4 Å². The number of hydrogen-bond donors (Lipinski definition) is 2. The summed E-state index contributed by atoms with van der Waals surface area (Å²) in [6.07, 6.45) is 1.28. The highest BCUT2D eigenvalue weighted by Crippen LogP contribution is 2.25. The molecule has 3 N–H and O–H groups in total. The number of ether oxygens (including phenoxy) is 1. The van der Waals surface area contributed by atoms with Crippen LogP contribution in [0.25, 0.3) is 0 Å². The Balaban J connectivity index is 1.61. The van der Waals surface area contributed by atoms with Crippen LogP contribution in [0.3, 0.4) is 0 Å². The molecule has 0 unspecified atom stereocenters. The molecule has 31 heavy (non-hydrogen) atoms. The number of anilines is 1. The van der Waals surface area contributed by atoms with Gasteiger partial charge in [0.25, 0.3) is 0 Å². The van der Waals surface area contributed by atoms with E-state index in [1.807, 2.05) is 0 Å². The Morgan fingerprint density at radius 3 is 2.26 bits per heavy atom. The molecule has 3 rings (SSSR count). The molecule has 10 nitrogen and oxygen atoms in total. The lowest BCUT2D eigenvalue weighted by Crippen LogP contribution is -2.40. The van der Waals surface area contributed by atoms with E-state index in [1.165, 1.54) is 52.6 Å². The van der Waals surface area contributed by atoms with Crippen LogP contribution in [0.4, 0.5) is 5.69 Å². The van der Waals surface area contributed by atoms with Crippen molar-refractivity contribution < 1.29 is 26.4 Å². The van der Waals surface area contributed by atoms with Gasteiger partial charge in [-0.2, -0.15) is 4.31 Å². The molecule has 0 spiro atoms. The summed E-state index contributed by atoms with van der Waals surface area (Å²) < 4.78 is 54.4. The highest BCUT2D eigenvalue weighted by atomic mass is 32.2. The molecule has 168 valence electrons. The molecule has 0 saturated carbocycles. The maximum absolute atomic E-state index is 12.6. The lowest BCUT2D eigenvalue weighted by molar-refractivity contribution is -0.115. The quantitative estimate of drug-likeness (QED) is 0.548. The Labute approximate surface area is 185 Å². The number of thioether (sulfide) groups is 1. The number of sulfonamides is 2. The highest BCUT2D eigenvalue weighted by molar-refractivity contribution is 8.00. The van der Waals surface area contributed by atoms with Gasteiger partial charge < -0.3 is 10.1 Å². The van der Waals surface area contributed by atoms with Crippen molar-refractivity contribution in [2.24, 2.45) is 5.14 Å². The molecule has 2 aromatic rings. The third-order valence-corrected chi connectivity index (χ3v) is 8.30. The number of aromatic nitrogens is 1. The zero-order chi connectivity index (χ0) is 22.6. The van der Waals surface area contributed by atoms with E-state index in [1.54, 1.807) is 13.0 Å². The van der Waals surface area contributed by atoms with E-state index in [4.69, 9.17) is 9.88 Å². The summed E-state index contributed by atoms with van der Waals surface area (Å²) in [6.45, 7) is 3.00. The Kier molecular flexibility index (Phi) is 7.34. The van der Waals surface area contributed by atoms with Crippen molar-refractivity contribution in [3.05, 3.63) is 42.6 Å². The van der Waals surface area contributed by atoms with E-state index >= 15 is 0 Å². The Morgan fingerprint density at radius 1 is 1.10 bits per heavy atom. The number of nitrogens with zero attached hydrogens (tertiary/aromatic N) is 2. The standard InChI is InChI=1S/C18H22N4O6S3/c1-13(18(23)21-14-2-4-15(5-3-14)30(19,24)25)29-17-7-6-16(12-20-17)31(26,27)22-8-10-28-11-9-22/h2-7,12-13H,8-11H2,1H3,(H,21,23)(H2,19,24,25)/t13-/m1/s1. The Bertz CT molecular complexity index is 1130. The van der Waals surface area contributed by atoms with Gasteiger partial charge in [-0.05, 0) is 43.3 Å². The summed E-state index contributed by atoms with van der Waals surface area (Å²) in [5.41, 5.74) is 0.421. The number of morpholine rings is 1. The number of carbonyl (C=O) groups is 1. The zero-order valence-electron chi connectivity index (χ0n) is 16.6. The highest BCUT2D eigenvalue weighted by Gasteiger charge is 2.26. The number of primary sulfonamides is 1. The maximum atomic E-state index is 12.6. The average molecular weight is 487 g/mol. The summed E-state index contributed by atoms with van der Waals surface area (Å²) in [4.78, 5) is 16.6. The summed E-state index contributed by atoms with van der Waals surface area (Å²) in [5.74, 6) is -0.319. The van der Waals surface area contributed by atoms with Crippen molar-refractivity contribution in [3.63, 3.8) is 0 Å². The van der Waals surface area contributed by atoms with Gasteiger partial charge in [-0.25, -0.2) is 27.0 Å². The van der Waals surface area contributed by atoms with E-state index in [-0.39, 0.29) is 15.7 Å². The SMILES string of the molecule is C[C@@H](Sc1ccc(S(=O)(=O)N2CCOCC2)cn1)C(=O)Nc1ccc(S(N)(=O)=O)cc1. The average Bonchev–Trinajstić information content (AvgIpc) is 2.74. The van der Waals surface area contributed by atoms with Crippen molar-refractivity contribution in [1.29, 1.82) is 0 Å². The largest absolute Gasteiger partial charge is 0.379 e. The first-order valence-corrected chi connectivity index (χ1v) is 13.1. The lowest BCUT2D eigenvalue weighted by Gasteiger charge is -2.25. The third-order valence-electron chi connectivity index (χ3n) is 4.43. The van der Waals surface area contributed by atoms with Crippen LogP contribution in [0.2, 0.25) is 0 Å². The molecule has 1 amide bonds. The van der Waals surface area contributed by atoms with Gasteiger partial charge in [0, 0.05) is 25.0 Å². The first-order valence-electron chi connectivity index (χ1n) is 9.22. The van der Waals surface area contributed by atoms with Crippen molar-refractivity contribution in [1.82, 2.24) is 9.29 Å². The smallest absolute Gasteiger partial charge is 0.244 e. The second-order valence-electron chi connectivity index (χ2n) is 6.67. The number of benzene rings is 1. The topological polar surface area (TPSA) is 149 Å². The van der Waals surface area contributed by atoms with Gasteiger partial charge in [-0.3, -0.25) is 4.79 Å². The van der Waals surface area contributed by atoms with Crippen LogP contribution in [-0.2, 0) is 29.6 Å². The number of nitrogens with one attached hydrogen (secondary N) is 1. The van der Waals surface area contributed by atoms with Gasteiger partial charge in [0.2, 0.25) is 26.0 Å². The summed E-state index contributed by atoms with van der Waals surface area (Å²) in [7, 11) is -7.43. The molecule has 1 aliphatic heterocycles. The normalized spacial score (nSPS) is 16.6.